The molecule has 0 spiro atoms. The number of nitrogens with zero attached hydrogens (tertiary/aromatic N) is 3. The van der Waals surface area contributed by atoms with Crippen LogP contribution in [0.4, 0.5) is 10.2 Å². The molecule has 23 heavy (non-hydrogen) atoms. The number of carbonyl (C=O) groups is 1. The number of rotatable bonds is 3. The van der Waals surface area contributed by atoms with Crippen LogP contribution in [0.25, 0.3) is 0 Å². The Hall–Kier alpha value is -2.74. The summed E-state index contributed by atoms with van der Waals surface area (Å²) < 4.78 is 12.9. The minimum absolute atomic E-state index is 0.0323. The standard InChI is InChI=1S/C18H16FN3O/c19-16-4-2-14(3-5-16)18(23)15-7-9-22(10-8-15)17-6-1-13(11-20)12-21-17/h1-6,12,15H,7-10H2. The molecule has 5 heteroatoms. The first-order valence-corrected chi connectivity index (χ1v) is 7.58. The molecule has 0 saturated carbocycles. The van der Waals surface area contributed by atoms with Crippen molar-refractivity contribution in [1.29, 1.82) is 5.26 Å². The summed E-state index contributed by atoms with van der Waals surface area (Å²) in [6, 6.07) is 11.4. The molecule has 0 bridgehead atoms. The molecule has 1 aromatic carbocycles. The van der Waals surface area contributed by atoms with Crippen molar-refractivity contribution < 1.29 is 9.18 Å². The van der Waals surface area contributed by atoms with Crippen molar-refractivity contribution in [3.05, 3.63) is 59.5 Å². The predicted octanol–water partition coefficient (Wildman–Crippen LogP) is 3.19. The van der Waals surface area contributed by atoms with Gasteiger partial charge >= 0.3 is 0 Å². The maximum absolute atomic E-state index is 12.9. The molecule has 3 rings (SSSR count). The third-order valence-corrected chi connectivity index (χ3v) is 4.20. The SMILES string of the molecule is N#Cc1ccc(N2CCC(C(=O)c3ccc(F)cc3)CC2)nc1. The van der Waals surface area contributed by atoms with Gasteiger partial charge < -0.3 is 4.90 Å². The second-order valence-electron chi connectivity index (χ2n) is 5.65. The summed E-state index contributed by atoms with van der Waals surface area (Å²) in [6.07, 6.45) is 3.06. The van der Waals surface area contributed by atoms with Crippen molar-refractivity contribution in [2.75, 3.05) is 18.0 Å². The molecule has 1 aliphatic heterocycles. The number of pyridine rings is 1. The monoisotopic (exact) mass is 309 g/mol. The largest absolute Gasteiger partial charge is 0.357 e. The van der Waals surface area contributed by atoms with Crippen LogP contribution in [-0.4, -0.2) is 23.9 Å². The number of piperidine rings is 1. The maximum atomic E-state index is 12.9. The van der Waals surface area contributed by atoms with Gasteiger partial charge in [-0.3, -0.25) is 4.79 Å². The average molecular weight is 309 g/mol. The van der Waals surface area contributed by atoms with E-state index in [9.17, 15) is 9.18 Å². The Kier molecular flexibility index (Phi) is 4.33. The quantitative estimate of drug-likeness (QED) is 0.817. The Balaban J connectivity index is 1.62. The smallest absolute Gasteiger partial charge is 0.166 e. The first-order chi connectivity index (χ1) is 11.2. The molecule has 2 aromatic rings. The molecule has 0 aliphatic carbocycles. The molecule has 1 saturated heterocycles. The number of aromatic nitrogens is 1. The van der Waals surface area contributed by atoms with E-state index in [-0.39, 0.29) is 17.5 Å². The fourth-order valence-electron chi connectivity index (χ4n) is 2.86. The lowest BCUT2D eigenvalue weighted by molar-refractivity contribution is 0.0900. The summed E-state index contributed by atoms with van der Waals surface area (Å²) in [4.78, 5) is 18.9. The zero-order chi connectivity index (χ0) is 16.2. The van der Waals surface area contributed by atoms with Gasteiger partial charge in [0.05, 0.1) is 5.56 Å². The van der Waals surface area contributed by atoms with Crippen molar-refractivity contribution in [2.45, 2.75) is 12.8 Å². The van der Waals surface area contributed by atoms with Gasteiger partial charge in [0, 0.05) is 30.8 Å². The van der Waals surface area contributed by atoms with E-state index in [1.54, 1.807) is 24.4 Å². The third kappa shape index (κ3) is 3.37. The van der Waals surface area contributed by atoms with E-state index in [1.165, 1.54) is 12.1 Å². The second kappa shape index (κ2) is 6.57. The van der Waals surface area contributed by atoms with E-state index in [1.807, 2.05) is 12.1 Å². The van der Waals surface area contributed by atoms with Crippen molar-refractivity contribution in [3.63, 3.8) is 0 Å². The Morgan fingerprint density at radius 1 is 1.17 bits per heavy atom. The van der Waals surface area contributed by atoms with Crippen LogP contribution < -0.4 is 4.90 Å². The Morgan fingerprint density at radius 3 is 2.43 bits per heavy atom. The van der Waals surface area contributed by atoms with Crippen LogP contribution in [0.5, 0.6) is 0 Å². The first-order valence-electron chi connectivity index (χ1n) is 7.58. The molecule has 1 aromatic heterocycles. The normalized spacial score (nSPS) is 15.2. The van der Waals surface area contributed by atoms with Gasteiger partial charge in [-0.1, -0.05) is 0 Å². The van der Waals surface area contributed by atoms with Gasteiger partial charge in [-0.15, -0.1) is 0 Å². The fraction of sp³-hybridized carbons (Fsp3) is 0.278. The number of hydrogen-bond acceptors (Lipinski definition) is 4. The predicted molar refractivity (Wildman–Crippen MR) is 84.6 cm³/mol. The molecule has 0 atom stereocenters. The van der Waals surface area contributed by atoms with Crippen molar-refractivity contribution in [1.82, 2.24) is 4.98 Å². The molecule has 2 heterocycles. The maximum Gasteiger partial charge on any atom is 0.166 e. The molecule has 0 unspecified atom stereocenters. The van der Waals surface area contributed by atoms with Gasteiger partial charge in [0.15, 0.2) is 5.78 Å². The van der Waals surface area contributed by atoms with Crippen LogP contribution in [-0.2, 0) is 0 Å². The minimum Gasteiger partial charge on any atom is -0.357 e. The van der Waals surface area contributed by atoms with Crippen LogP contribution >= 0.6 is 0 Å². The van der Waals surface area contributed by atoms with Crippen LogP contribution in [0.2, 0.25) is 0 Å². The molecular weight excluding hydrogens is 293 g/mol. The summed E-state index contributed by atoms with van der Waals surface area (Å²) in [5.41, 5.74) is 1.11. The Morgan fingerprint density at radius 2 is 1.87 bits per heavy atom. The van der Waals surface area contributed by atoms with E-state index in [0.717, 1.165) is 31.7 Å². The number of ketones is 1. The molecule has 1 fully saturated rings. The lowest BCUT2D eigenvalue weighted by atomic mass is 9.89. The molecule has 0 amide bonds. The lowest BCUT2D eigenvalue weighted by Crippen LogP contribution is -2.36. The summed E-state index contributed by atoms with van der Waals surface area (Å²) in [6.45, 7) is 1.49. The Bertz CT molecular complexity index is 726. The van der Waals surface area contributed by atoms with E-state index >= 15 is 0 Å². The fourth-order valence-corrected chi connectivity index (χ4v) is 2.86. The van der Waals surface area contributed by atoms with E-state index in [2.05, 4.69) is 9.88 Å². The number of Topliss-reactive ketones (excluding diaryl/α,β-unsaturated/α-hetero) is 1. The number of benzene rings is 1. The Labute approximate surface area is 134 Å². The van der Waals surface area contributed by atoms with E-state index in [4.69, 9.17) is 5.26 Å². The summed E-state index contributed by atoms with van der Waals surface area (Å²) in [5.74, 6) is 0.549. The highest BCUT2D eigenvalue weighted by Gasteiger charge is 2.26. The lowest BCUT2D eigenvalue weighted by Gasteiger charge is -2.32. The van der Waals surface area contributed by atoms with Crippen LogP contribution in [0, 0.1) is 23.1 Å². The number of halogens is 1. The average Bonchev–Trinajstić information content (AvgIpc) is 2.62. The van der Waals surface area contributed by atoms with Crippen LogP contribution in [0.3, 0.4) is 0 Å². The summed E-state index contributed by atoms with van der Waals surface area (Å²) >= 11 is 0. The number of anilines is 1. The third-order valence-electron chi connectivity index (χ3n) is 4.20. The highest BCUT2D eigenvalue weighted by atomic mass is 19.1. The van der Waals surface area contributed by atoms with Crippen LogP contribution in [0.15, 0.2) is 42.6 Å². The van der Waals surface area contributed by atoms with Crippen LogP contribution in [0.1, 0.15) is 28.8 Å². The summed E-state index contributed by atoms with van der Waals surface area (Å²) in [7, 11) is 0. The minimum atomic E-state index is -0.330. The van der Waals surface area contributed by atoms with E-state index < -0.39 is 0 Å². The van der Waals surface area contributed by atoms with Gasteiger partial charge in [0.2, 0.25) is 0 Å². The molecule has 1 aliphatic rings. The number of hydrogen-bond donors (Lipinski definition) is 0. The van der Waals surface area contributed by atoms with Crippen molar-refractivity contribution in [3.8, 4) is 6.07 Å². The first kappa shape index (κ1) is 15.2. The summed E-state index contributed by atoms with van der Waals surface area (Å²) in [5, 5.41) is 8.80. The molecular formula is C18H16FN3O. The van der Waals surface area contributed by atoms with E-state index in [0.29, 0.717) is 11.1 Å². The molecule has 116 valence electrons. The van der Waals surface area contributed by atoms with Crippen molar-refractivity contribution in [2.24, 2.45) is 5.92 Å². The van der Waals surface area contributed by atoms with Gasteiger partial charge in [-0.2, -0.15) is 5.26 Å². The van der Waals surface area contributed by atoms with Gasteiger partial charge in [-0.25, -0.2) is 9.37 Å². The van der Waals surface area contributed by atoms with Gasteiger partial charge in [-0.05, 0) is 49.2 Å². The zero-order valence-corrected chi connectivity index (χ0v) is 12.6. The van der Waals surface area contributed by atoms with Gasteiger partial charge in [0.1, 0.15) is 17.7 Å². The second-order valence-corrected chi connectivity index (χ2v) is 5.65. The highest BCUT2D eigenvalue weighted by Crippen LogP contribution is 2.25. The topological polar surface area (TPSA) is 57.0 Å². The highest BCUT2D eigenvalue weighted by molar-refractivity contribution is 5.97. The zero-order valence-electron chi connectivity index (χ0n) is 12.6. The number of carbonyl (C=O) groups excluding carboxylic acids is 1. The van der Waals surface area contributed by atoms with Gasteiger partial charge in [0.25, 0.3) is 0 Å². The van der Waals surface area contributed by atoms with Crippen molar-refractivity contribution >= 4 is 11.6 Å². The molecule has 4 nitrogen and oxygen atoms in total. The molecule has 0 N–H and O–H groups in total. The molecule has 0 radical (unpaired) electrons. The number of nitriles is 1.